The number of rotatable bonds is 8. The Morgan fingerprint density at radius 2 is 1.97 bits per heavy atom. The lowest BCUT2D eigenvalue weighted by atomic mass is 10.1. The van der Waals surface area contributed by atoms with Crippen LogP contribution in [0, 0.1) is 0 Å². The number of methoxy groups -OCH3 is 1. The third-order valence-corrected chi connectivity index (χ3v) is 6.12. The molecule has 2 aromatic heterocycles. The molecule has 0 bridgehead atoms. The lowest BCUT2D eigenvalue weighted by Gasteiger charge is -2.23. The molecular weight excluding hydrogens is 505 g/mol. The number of amides is 1. The Bertz CT molecular complexity index is 1480. The lowest BCUT2D eigenvalue weighted by Crippen LogP contribution is -2.31. The van der Waals surface area contributed by atoms with Gasteiger partial charge in [-0.25, -0.2) is 4.98 Å². The molecule has 11 heteroatoms. The van der Waals surface area contributed by atoms with E-state index < -0.39 is 17.7 Å². The molecule has 0 aliphatic heterocycles. The van der Waals surface area contributed by atoms with E-state index in [4.69, 9.17) is 33.7 Å². The maximum absolute atomic E-state index is 12.9. The Kier molecular flexibility index (Phi) is 7.88. The third-order valence-electron chi connectivity index (χ3n) is 5.56. The van der Waals surface area contributed by atoms with Gasteiger partial charge in [0.2, 0.25) is 5.88 Å². The number of pyridine rings is 2. The number of aromatic nitrogens is 2. The van der Waals surface area contributed by atoms with Gasteiger partial charge in [-0.1, -0.05) is 41.4 Å². The fraction of sp³-hybridized carbons (Fsp3) is 0.160. The van der Waals surface area contributed by atoms with E-state index in [-0.39, 0.29) is 28.9 Å². The zero-order valence-electron chi connectivity index (χ0n) is 19.1. The van der Waals surface area contributed by atoms with Crippen molar-refractivity contribution in [2.45, 2.75) is 12.3 Å². The topological polar surface area (TPSA) is 142 Å². The van der Waals surface area contributed by atoms with Gasteiger partial charge < -0.3 is 25.9 Å². The molecular formula is C25H23Cl2N5O4. The summed E-state index contributed by atoms with van der Waals surface area (Å²) in [6, 6.07) is 14.4. The molecule has 0 aliphatic carbocycles. The van der Waals surface area contributed by atoms with Crippen molar-refractivity contribution in [3.05, 3.63) is 97.9 Å². The average molecular weight is 528 g/mol. The molecule has 6 N–H and O–H groups in total. The highest BCUT2D eigenvalue weighted by Crippen LogP contribution is 2.28. The van der Waals surface area contributed by atoms with E-state index in [0.29, 0.717) is 27.4 Å². The number of aliphatic hydroxyl groups is 1. The van der Waals surface area contributed by atoms with Crippen LogP contribution < -0.4 is 26.7 Å². The monoisotopic (exact) mass is 527 g/mol. The number of nitrogens with two attached hydrogens (primary N) is 1. The lowest BCUT2D eigenvalue weighted by molar-refractivity contribution is 0.102. The van der Waals surface area contributed by atoms with Crippen LogP contribution >= 0.6 is 23.2 Å². The first kappa shape index (κ1) is 25.6. The van der Waals surface area contributed by atoms with Gasteiger partial charge >= 0.3 is 0 Å². The van der Waals surface area contributed by atoms with Crippen LogP contribution in [-0.2, 0) is 0 Å². The minimum atomic E-state index is -1.13. The van der Waals surface area contributed by atoms with Gasteiger partial charge in [0.05, 0.1) is 23.3 Å². The Balaban J connectivity index is 1.55. The fourth-order valence-corrected chi connectivity index (χ4v) is 4.03. The maximum atomic E-state index is 12.9. The molecule has 2 heterocycles. The maximum Gasteiger partial charge on any atom is 0.261 e. The van der Waals surface area contributed by atoms with E-state index >= 15 is 0 Å². The summed E-state index contributed by atoms with van der Waals surface area (Å²) >= 11 is 12.4. The predicted molar refractivity (Wildman–Crippen MR) is 140 cm³/mol. The van der Waals surface area contributed by atoms with Gasteiger partial charge in [-0.3, -0.25) is 14.9 Å². The number of nitrogens with zero attached hydrogens (tertiary/aromatic N) is 1. The summed E-state index contributed by atoms with van der Waals surface area (Å²) in [7, 11) is 1.46. The number of H-pyrrole nitrogens is 1. The van der Waals surface area contributed by atoms with Crippen molar-refractivity contribution in [2.24, 2.45) is 5.73 Å². The van der Waals surface area contributed by atoms with E-state index in [1.54, 1.807) is 30.3 Å². The van der Waals surface area contributed by atoms with Gasteiger partial charge in [0.15, 0.2) is 0 Å². The van der Waals surface area contributed by atoms with Crippen LogP contribution in [-0.4, -0.2) is 34.6 Å². The summed E-state index contributed by atoms with van der Waals surface area (Å²) in [5.41, 5.74) is 7.13. The first-order valence-corrected chi connectivity index (χ1v) is 11.6. The second-order valence-corrected chi connectivity index (χ2v) is 8.78. The third kappa shape index (κ3) is 5.67. The second-order valence-electron chi connectivity index (χ2n) is 7.93. The fourth-order valence-electron chi connectivity index (χ4n) is 3.67. The molecule has 186 valence electrons. The Morgan fingerprint density at radius 3 is 2.69 bits per heavy atom. The number of ether oxygens (including phenoxy) is 1. The summed E-state index contributed by atoms with van der Waals surface area (Å²) in [5.74, 6) is -0.340. The van der Waals surface area contributed by atoms with Gasteiger partial charge in [0, 0.05) is 35.3 Å². The van der Waals surface area contributed by atoms with E-state index in [1.165, 1.54) is 31.5 Å². The average Bonchev–Trinajstić information content (AvgIpc) is 2.87. The highest BCUT2D eigenvalue weighted by molar-refractivity contribution is 6.34. The number of aromatic amines is 1. The first-order chi connectivity index (χ1) is 17.3. The SMILES string of the molecule is COc1cc2[nH]c(=O)c(C(=O)Nc3cc(C(O)NC(CN)c4cccc(Cl)c4)ccc3Cl)cc2cn1. The van der Waals surface area contributed by atoms with E-state index in [9.17, 15) is 14.7 Å². The molecule has 0 saturated heterocycles. The molecule has 1 amide bonds. The molecule has 4 aromatic rings. The first-order valence-electron chi connectivity index (χ1n) is 10.9. The van der Waals surface area contributed by atoms with Crippen molar-refractivity contribution in [2.75, 3.05) is 19.0 Å². The predicted octanol–water partition coefficient (Wildman–Crippen LogP) is 3.77. The van der Waals surface area contributed by atoms with E-state index in [2.05, 4.69) is 20.6 Å². The van der Waals surface area contributed by atoms with Gasteiger partial charge in [0.25, 0.3) is 11.5 Å². The molecule has 0 saturated carbocycles. The summed E-state index contributed by atoms with van der Waals surface area (Å²) in [5, 5.41) is 17.8. The van der Waals surface area contributed by atoms with Crippen molar-refractivity contribution in [1.82, 2.24) is 15.3 Å². The standard InChI is InChI=1S/C25H23Cl2N5O4/c1-36-22-10-19-15(12-29-22)8-17(24(34)30-19)25(35)31-20-9-14(5-6-18(20)27)23(33)32-21(11-28)13-3-2-4-16(26)7-13/h2-10,12,21,23,32-33H,11,28H2,1H3,(H,30,34)(H,31,35). The molecule has 9 nitrogen and oxygen atoms in total. The Labute approximate surface area is 216 Å². The van der Waals surface area contributed by atoms with Crippen molar-refractivity contribution in [1.29, 1.82) is 0 Å². The molecule has 0 spiro atoms. The van der Waals surface area contributed by atoms with Crippen LogP contribution in [0.1, 0.15) is 33.8 Å². The van der Waals surface area contributed by atoms with Gasteiger partial charge in [0.1, 0.15) is 11.8 Å². The Morgan fingerprint density at radius 1 is 1.17 bits per heavy atom. The largest absolute Gasteiger partial charge is 0.481 e. The van der Waals surface area contributed by atoms with Crippen molar-refractivity contribution >= 4 is 45.7 Å². The highest BCUT2D eigenvalue weighted by atomic mass is 35.5. The molecule has 2 atom stereocenters. The van der Waals surface area contributed by atoms with Crippen LogP contribution in [0.2, 0.25) is 10.0 Å². The smallest absolute Gasteiger partial charge is 0.261 e. The van der Waals surface area contributed by atoms with Gasteiger partial charge in [-0.05, 0) is 41.5 Å². The number of hydrogen-bond acceptors (Lipinski definition) is 7. The normalized spacial score (nSPS) is 12.8. The molecule has 2 aromatic carbocycles. The quantitative estimate of drug-likeness (QED) is 0.219. The molecule has 0 fully saturated rings. The van der Waals surface area contributed by atoms with Crippen molar-refractivity contribution < 1.29 is 14.6 Å². The molecule has 36 heavy (non-hydrogen) atoms. The zero-order valence-corrected chi connectivity index (χ0v) is 20.6. The number of halogens is 2. The van der Waals surface area contributed by atoms with Gasteiger partial charge in [-0.15, -0.1) is 0 Å². The minimum absolute atomic E-state index is 0.126. The number of nitrogens with one attached hydrogen (secondary N) is 3. The molecule has 0 radical (unpaired) electrons. The number of fused-ring (bicyclic) bond motifs is 1. The number of aliphatic hydroxyl groups excluding tert-OH is 1. The summed E-state index contributed by atoms with van der Waals surface area (Å²) < 4.78 is 5.06. The number of carbonyl (C=O) groups is 1. The van der Waals surface area contributed by atoms with E-state index in [1.807, 2.05) is 6.07 Å². The number of benzene rings is 2. The van der Waals surface area contributed by atoms with Crippen LogP contribution in [0.4, 0.5) is 5.69 Å². The highest BCUT2D eigenvalue weighted by Gasteiger charge is 2.19. The minimum Gasteiger partial charge on any atom is -0.481 e. The van der Waals surface area contributed by atoms with Crippen LogP contribution in [0.15, 0.2) is 65.6 Å². The summed E-state index contributed by atoms with van der Waals surface area (Å²) in [6.07, 6.45) is 0.361. The number of carbonyl (C=O) groups excluding carboxylic acids is 1. The molecule has 0 aliphatic rings. The van der Waals surface area contributed by atoms with Gasteiger partial charge in [-0.2, -0.15) is 0 Å². The van der Waals surface area contributed by atoms with Crippen molar-refractivity contribution in [3.8, 4) is 5.88 Å². The number of anilines is 1. The number of hydrogen-bond donors (Lipinski definition) is 5. The Hall–Kier alpha value is -3.47. The van der Waals surface area contributed by atoms with Crippen molar-refractivity contribution in [3.63, 3.8) is 0 Å². The van der Waals surface area contributed by atoms with E-state index in [0.717, 1.165) is 5.56 Å². The summed E-state index contributed by atoms with van der Waals surface area (Å²) in [4.78, 5) is 32.2. The van der Waals surface area contributed by atoms with Crippen LogP contribution in [0.5, 0.6) is 5.88 Å². The second kappa shape index (κ2) is 11.1. The summed E-state index contributed by atoms with van der Waals surface area (Å²) in [6.45, 7) is 0.208. The molecule has 2 unspecified atom stereocenters. The van der Waals surface area contributed by atoms with Crippen LogP contribution in [0.3, 0.4) is 0 Å². The zero-order chi connectivity index (χ0) is 25.8. The van der Waals surface area contributed by atoms with Crippen LogP contribution in [0.25, 0.3) is 10.9 Å². The molecule has 4 rings (SSSR count).